The molecule has 1 heterocycles. The number of carbonyl (C=O) groups is 1. The fourth-order valence-electron chi connectivity index (χ4n) is 1.80. The van der Waals surface area contributed by atoms with Crippen molar-refractivity contribution in [3.8, 4) is 0 Å². The quantitative estimate of drug-likeness (QED) is 0.607. The predicted molar refractivity (Wildman–Crippen MR) is 59.1 cm³/mol. The Kier molecular flexibility index (Phi) is 2.29. The summed E-state index contributed by atoms with van der Waals surface area (Å²) >= 11 is 0. The Labute approximate surface area is 90.3 Å². The fraction of sp³-hybridized carbons (Fsp3) is 0.462. The first-order valence-electron chi connectivity index (χ1n) is 5.29. The second-order valence-electron chi connectivity index (χ2n) is 5.01. The molecule has 0 unspecified atom stereocenters. The number of carbonyl (C=O) groups excluding carboxylic acids is 1. The van der Waals surface area contributed by atoms with Crippen molar-refractivity contribution in [1.82, 2.24) is 0 Å². The van der Waals surface area contributed by atoms with Crippen molar-refractivity contribution in [1.29, 1.82) is 0 Å². The molecule has 0 N–H and O–H groups in total. The molecule has 0 bridgehead atoms. The van der Waals surface area contributed by atoms with E-state index in [1.165, 1.54) is 5.56 Å². The third kappa shape index (κ3) is 1.89. The van der Waals surface area contributed by atoms with Crippen LogP contribution in [0.5, 0.6) is 0 Å². The molecule has 2 heteroatoms. The van der Waals surface area contributed by atoms with Crippen molar-refractivity contribution in [3.05, 3.63) is 34.9 Å². The van der Waals surface area contributed by atoms with Gasteiger partial charge in [-0.2, -0.15) is 0 Å². The third-order valence-corrected chi connectivity index (χ3v) is 2.80. The number of cyclic esters (lactones) is 1. The zero-order chi connectivity index (χ0) is 11.1. The van der Waals surface area contributed by atoms with Gasteiger partial charge in [-0.05, 0) is 22.6 Å². The van der Waals surface area contributed by atoms with E-state index in [-0.39, 0.29) is 11.4 Å². The van der Waals surface area contributed by atoms with Crippen LogP contribution in [0.1, 0.15) is 42.3 Å². The average molecular weight is 204 g/mol. The van der Waals surface area contributed by atoms with Crippen molar-refractivity contribution in [2.45, 2.75) is 32.6 Å². The summed E-state index contributed by atoms with van der Waals surface area (Å²) in [7, 11) is 0. The van der Waals surface area contributed by atoms with Crippen molar-refractivity contribution in [3.63, 3.8) is 0 Å². The normalized spacial score (nSPS) is 15.8. The Bertz CT molecular complexity index is 399. The van der Waals surface area contributed by atoms with Crippen molar-refractivity contribution >= 4 is 5.97 Å². The van der Waals surface area contributed by atoms with Gasteiger partial charge in [-0.1, -0.05) is 32.9 Å². The van der Waals surface area contributed by atoms with Gasteiger partial charge in [0, 0.05) is 6.42 Å². The van der Waals surface area contributed by atoms with Gasteiger partial charge < -0.3 is 4.74 Å². The largest absolute Gasteiger partial charge is 0.462 e. The fourth-order valence-corrected chi connectivity index (χ4v) is 1.80. The molecule has 0 amide bonds. The van der Waals surface area contributed by atoms with Gasteiger partial charge in [0.25, 0.3) is 0 Å². The molecule has 0 aromatic heterocycles. The van der Waals surface area contributed by atoms with Crippen LogP contribution in [-0.2, 0) is 16.6 Å². The van der Waals surface area contributed by atoms with Crippen LogP contribution in [0, 0.1) is 0 Å². The number of ether oxygens (including phenoxy) is 1. The molecule has 0 atom stereocenters. The standard InChI is InChI=1S/C13H16O2/c1-13(2,3)10-4-5-11-9(8-10)6-7-15-12(11)14/h4-5,8H,6-7H2,1-3H3. The van der Waals surface area contributed by atoms with Crippen molar-refractivity contribution in [2.24, 2.45) is 0 Å². The van der Waals surface area contributed by atoms with Gasteiger partial charge in [0.05, 0.1) is 12.2 Å². The minimum atomic E-state index is -0.184. The molecule has 0 radical (unpaired) electrons. The molecule has 1 aromatic carbocycles. The molecule has 1 aromatic rings. The lowest BCUT2D eigenvalue weighted by atomic mass is 9.84. The Morgan fingerprint density at radius 1 is 1.27 bits per heavy atom. The summed E-state index contributed by atoms with van der Waals surface area (Å²) in [4.78, 5) is 11.4. The van der Waals surface area contributed by atoms with Crippen LogP contribution >= 0.6 is 0 Å². The van der Waals surface area contributed by atoms with E-state index in [2.05, 4.69) is 26.8 Å². The molecular formula is C13H16O2. The molecule has 0 saturated carbocycles. The van der Waals surface area contributed by atoms with Gasteiger partial charge in [0.15, 0.2) is 0 Å². The van der Waals surface area contributed by atoms with Crippen LogP contribution in [0.4, 0.5) is 0 Å². The number of hydrogen-bond donors (Lipinski definition) is 0. The summed E-state index contributed by atoms with van der Waals surface area (Å²) in [5.74, 6) is -0.184. The first-order valence-corrected chi connectivity index (χ1v) is 5.29. The maximum Gasteiger partial charge on any atom is 0.338 e. The Balaban J connectivity index is 2.46. The zero-order valence-corrected chi connectivity index (χ0v) is 9.46. The summed E-state index contributed by atoms with van der Waals surface area (Å²) in [6.45, 7) is 7.04. The topological polar surface area (TPSA) is 26.3 Å². The maximum atomic E-state index is 11.4. The van der Waals surface area contributed by atoms with E-state index in [1.54, 1.807) is 0 Å². The summed E-state index contributed by atoms with van der Waals surface area (Å²) in [5.41, 5.74) is 3.26. The van der Waals surface area contributed by atoms with Gasteiger partial charge in [0.2, 0.25) is 0 Å². The van der Waals surface area contributed by atoms with E-state index >= 15 is 0 Å². The lowest BCUT2D eigenvalue weighted by Gasteiger charge is -2.22. The van der Waals surface area contributed by atoms with Crippen LogP contribution in [0.15, 0.2) is 18.2 Å². The van der Waals surface area contributed by atoms with Gasteiger partial charge in [0.1, 0.15) is 0 Å². The number of fused-ring (bicyclic) bond motifs is 1. The van der Waals surface area contributed by atoms with Crippen molar-refractivity contribution < 1.29 is 9.53 Å². The second kappa shape index (κ2) is 3.37. The lowest BCUT2D eigenvalue weighted by molar-refractivity contribution is 0.0480. The molecule has 2 rings (SSSR count). The first-order chi connectivity index (χ1) is 6.98. The van der Waals surface area contributed by atoms with E-state index in [1.807, 2.05) is 12.1 Å². The second-order valence-corrected chi connectivity index (χ2v) is 5.01. The molecule has 1 aliphatic rings. The Hall–Kier alpha value is -1.31. The summed E-state index contributed by atoms with van der Waals surface area (Å²) in [6, 6.07) is 6.04. The highest BCUT2D eigenvalue weighted by Crippen LogP contribution is 2.26. The van der Waals surface area contributed by atoms with Gasteiger partial charge in [-0.15, -0.1) is 0 Å². The van der Waals surface area contributed by atoms with E-state index < -0.39 is 0 Å². The Morgan fingerprint density at radius 3 is 2.67 bits per heavy atom. The molecule has 0 spiro atoms. The molecule has 1 aliphatic heterocycles. The van der Waals surface area contributed by atoms with E-state index in [0.717, 1.165) is 17.5 Å². The van der Waals surface area contributed by atoms with Crippen LogP contribution in [0.2, 0.25) is 0 Å². The zero-order valence-electron chi connectivity index (χ0n) is 9.46. The first kappa shape index (κ1) is 10.2. The smallest absolute Gasteiger partial charge is 0.338 e. The minimum Gasteiger partial charge on any atom is -0.462 e. The van der Waals surface area contributed by atoms with Crippen LogP contribution in [-0.4, -0.2) is 12.6 Å². The number of rotatable bonds is 0. The summed E-state index contributed by atoms with van der Waals surface area (Å²) < 4.78 is 4.99. The van der Waals surface area contributed by atoms with E-state index in [9.17, 15) is 4.79 Å². The van der Waals surface area contributed by atoms with E-state index in [0.29, 0.717) is 6.61 Å². The maximum absolute atomic E-state index is 11.4. The highest BCUT2D eigenvalue weighted by atomic mass is 16.5. The number of hydrogen-bond acceptors (Lipinski definition) is 2. The summed E-state index contributed by atoms with van der Waals surface area (Å²) in [5, 5.41) is 0. The lowest BCUT2D eigenvalue weighted by Crippen LogP contribution is -2.19. The number of benzene rings is 1. The molecule has 0 saturated heterocycles. The number of esters is 1. The van der Waals surface area contributed by atoms with Gasteiger partial charge in [-0.25, -0.2) is 4.79 Å². The van der Waals surface area contributed by atoms with Gasteiger partial charge >= 0.3 is 5.97 Å². The van der Waals surface area contributed by atoms with Crippen LogP contribution in [0.3, 0.4) is 0 Å². The highest BCUT2D eigenvalue weighted by Gasteiger charge is 2.21. The minimum absolute atomic E-state index is 0.135. The molecular weight excluding hydrogens is 188 g/mol. The van der Waals surface area contributed by atoms with Crippen LogP contribution < -0.4 is 0 Å². The third-order valence-electron chi connectivity index (χ3n) is 2.80. The van der Waals surface area contributed by atoms with Crippen molar-refractivity contribution in [2.75, 3.05) is 6.61 Å². The van der Waals surface area contributed by atoms with Gasteiger partial charge in [-0.3, -0.25) is 0 Å². The molecule has 0 aliphatic carbocycles. The predicted octanol–water partition coefficient (Wildman–Crippen LogP) is 2.70. The SMILES string of the molecule is CC(C)(C)c1ccc2c(c1)CCOC2=O. The molecule has 15 heavy (non-hydrogen) atoms. The monoisotopic (exact) mass is 204 g/mol. The highest BCUT2D eigenvalue weighted by molar-refractivity contribution is 5.92. The van der Waals surface area contributed by atoms with E-state index in [4.69, 9.17) is 4.74 Å². The summed E-state index contributed by atoms with van der Waals surface area (Å²) in [6.07, 6.45) is 0.838. The Morgan fingerprint density at radius 2 is 2.00 bits per heavy atom. The molecule has 2 nitrogen and oxygen atoms in total. The average Bonchev–Trinajstić information content (AvgIpc) is 2.16. The van der Waals surface area contributed by atoms with Crippen LogP contribution in [0.25, 0.3) is 0 Å². The molecule has 80 valence electrons. The molecule has 0 fully saturated rings.